The van der Waals surface area contributed by atoms with Gasteiger partial charge in [0.15, 0.2) is 0 Å². The zero-order valence-corrected chi connectivity index (χ0v) is 11.5. The van der Waals surface area contributed by atoms with Gasteiger partial charge < -0.3 is 10.2 Å². The first kappa shape index (κ1) is 12.4. The number of nitriles is 1. The van der Waals surface area contributed by atoms with Gasteiger partial charge in [0.2, 0.25) is 0 Å². The fourth-order valence-electron chi connectivity index (χ4n) is 1.79. The van der Waals surface area contributed by atoms with Crippen LogP contribution in [0.15, 0.2) is 22.7 Å². The maximum Gasteiger partial charge on any atom is 0.0992 e. The average molecular weight is 294 g/mol. The van der Waals surface area contributed by atoms with E-state index in [1.807, 2.05) is 18.2 Å². The molecule has 0 saturated heterocycles. The minimum Gasteiger partial charge on any atom is -0.383 e. The van der Waals surface area contributed by atoms with Crippen LogP contribution in [-0.4, -0.2) is 31.1 Å². The highest BCUT2D eigenvalue weighted by Gasteiger charge is 2.25. The van der Waals surface area contributed by atoms with Crippen LogP contribution >= 0.6 is 15.9 Å². The predicted octanol–water partition coefficient (Wildman–Crippen LogP) is 2.83. The minimum absolute atomic E-state index is 0.678. The number of halogens is 1. The summed E-state index contributed by atoms with van der Waals surface area (Å²) >= 11 is 3.47. The Balaban J connectivity index is 1.84. The van der Waals surface area contributed by atoms with E-state index in [-0.39, 0.29) is 0 Å². The normalized spacial score (nSPS) is 14.7. The van der Waals surface area contributed by atoms with Gasteiger partial charge in [-0.25, -0.2) is 0 Å². The van der Waals surface area contributed by atoms with Gasteiger partial charge in [0, 0.05) is 29.3 Å². The topological polar surface area (TPSA) is 39.1 Å². The number of likely N-dealkylation sites (N-methyl/N-ethyl adjacent to an activating group) is 1. The van der Waals surface area contributed by atoms with Crippen LogP contribution in [0.3, 0.4) is 0 Å². The molecule has 0 amide bonds. The van der Waals surface area contributed by atoms with Crippen LogP contribution < -0.4 is 5.32 Å². The van der Waals surface area contributed by atoms with E-state index in [4.69, 9.17) is 5.26 Å². The molecule has 1 saturated carbocycles. The number of nitrogens with one attached hydrogen (secondary N) is 1. The fourth-order valence-corrected chi connectivity index (χ4v) is 2.31. The van der Waals surface area contributed by atoms with E-state index < -0.39 is 0 Å². The van der Waals surface area contributed by atoms with Crippen molar-refractivity contribution in [2.24, 2.45) is 0 Å². The molecule has 1 aliphatic carbocycles. The quantitative estimate of drug-likeness (QED) is 0.907. The van der Waals surface area contributed by atoms with E-state index in [0.717, 1.165) is 29.3 Å². The number of rotatable bonds is 5. The largest absolute Gasteiger partial charge is 0.383 e. The van der Waals surface area contributed by atoms with Gasteiger partial charge in [-0.3, -0.25) is 0 Å². The van der Waals surface area contributed by atoms with Crippen LogP contribution in [0.5, 0.6) is 0 Å². The second kappa shape index (κ2) is 5.52. The van der Waals surface area contributed by atoms with Crippen molar-refractivity contribution in [1.29, 1.82) is 5.26 Å². The molecule has 1 N–H and O–H groups in total. The van der Waals surface area contributed by atoms with E-state index in [9.17, 15) is 0 Å². The first-order chi connectivity index (χ1) is 8.20. The smallest absolute Gasteiger partial charge is 0.0992 e. The molecule has 4 heteroatoms. The first-order valence-electron chi connectivity index (χ1n) is 5.84. The molecule has 2 rings (SSSR count). The number of benzene rings is 1. The molecule has 0 radical (unpaired) electrons. The Bertz CT molecular complexity index is 435. The predicted molar refractivity (Wildman–Crippen MR) is 73.0 cm³/mol. The number of hydrogen-bond acceptors (Lipinski definition) is 3. The molecule has 1 aliphatic rings. The lowest BCUT2D eigenvalue weighted by Gasteiger charge is -2.16. The van der Waals surface area contributed by atoms with Crippen LogP contribution in [0.1, 0.15) is 18.4 Å². The lowest BCUT2D eigenvalue weighted by Crippen LogP contribution is -2.27. The van der Waals surface area contributed by atoms with Gasteiger partial charge in [-0.2, -0.15) is 5.26 Å². The highest BCUT2D eigenvalue weighted by Crippen LogP contribution is 2.25. The summed E-state index contributed by atoms with van der Waals surface area (Å²) in [7, 11) is 2.17. The van der Waals surface area contributed by atoms with Gasteiger partial charge in [-0.05, 0) is 54.0 Å². The fraction of sp³-hybridized carbons (Fsp3) is 0.462. The Kier molecular flexibility index (Phi) is 4.03. The lowest BCUT2D eigenvalue weighted by atomic mass is 10.2. The number of anilines is 1. The van der Waals surface area contributed by atoms with Crippen molar-refractivity contribution in [2.45, 2.75) is 18.9 Å². The second-order valence-electron chi connectivity index (χ2n) is 4.44. The molecule has 90 valence electrons. The van der Waals surface area contributed by atoms with E-state index in [1.54, 1.807) is 0 Å². The minimum atomic E-state index is 0.678. The summed E-state index contributed by atoms with van der Waals surface area (Å²) < 4.78 is 0.950. The molecule has 0 spiro atoms. The molecule has 0 aliphatic heterocycles. The molecule has 0 atom stereocenters. The maximum absolute atomic E-state index is 8.77. The van der Waals surface area contributed by atoms with E-state index >= 15 is 0 Å². The molecule has 1 fully saturated rings. The van der Waals surface area contributed by atoms with Crippen molar-refractivity contribution in [2.75, 3.05) is 25.5 Å². The molecule has 1 aromatic carbocycles. The lowest BCUT2D eigenvalue weighted by molar-refractivity contribution is 0.337. The highest BCUT2D eigenvalue weighted by molar-refractivity contribution is 9.10. The van der Waals surface area contributed by atoms with Crippen LogP contribution in [0.4, 0.5) is 5.69 Å². The summed E-state index contributed by atoms with van der Waals surface area (Å²) in [5.74, 6) is 0. The summed E-state index contributed by atoms with van der Waals surface area (Å²) in [6, 6.07) is 8.55. The third kappa shape index (κ3) is 3.45. The molecular weight excluding hydrogens is 278 g/mol. The van der Waals surface area contributed by atoms with E-state index in [1.165, 1.54) is 12.8 Å². The standard InChI is InChI=1S/C13H16BrN3/c1-17(11-3-4-11)7-6-16-13-5-2-10(9-15)8-12(13)14/h2,5,8,11,16H,3-4,6-7H2,1H3. The van der Waals surface area contributed by atoms with E-state index in [2.05, 4.69) is 39.3 Å². The van der Waals surface area contributed by atoms with Crippen molar-refractivity contribution in [3.05, 3.63) is 28.2 Å². The SMILES string of the molecule is CN(CCNc1ccc(C#N)cc1Br)C1CC1. The molecular formula is C13H16BrN3. The van der Waals surface area contributed by atoms with Gasteiger partial charge in [-0.15, -0.1) is 0 Å². The summed E-state index contributed by atoms with van der Waals surface area (Å²) in [5.41, 5.74) is 1.73. The first-order valence-corrected chi connectivity index (χ1v) is 6.64. The van der Waals surface area contributed by atoms with Crippen LogP contribution in [-0.2, 0) is 0 Å². The van der Waals surface area contributed by atoms with Crippen LogP contribution in [0.2, 0.25) is 0 Å². The molecule has 3 nitrogen and oxygen atoms in total. The van der Waals surface area contributed by atoms with Crippen molar-refractivity contribution in [3.63, 3.8) is 0 Å². The third-order valence-corrected chi connectivity index (χ3v) is 3.70. The van der Waals surface area contributed by atoms with Gasteiger partial charge in [0.1, 0.15) is 0 Å². The zero-order valence-electron chi connectivity index (χ0n) is 9.91. The molecule has 0 aromatic heterocycles. The molecule has 0 bridgehead atoms. The highest BCUT2D eigenvalue weighted by atomic mass is 79.9. The van der Waals surface area contributed by atoms with Crippen molar-refractivity contribution >= 4 is 21.6 Å². The molecule has 0 unspecified atom stereocenters. The summed E-state index contributed by atoms with van der Waals surface area (Å²) in [4.78, 5) is 2.39. The number of nitrogens with zero attached hydrogens (tertiary/aromatic N) is 2. The number of hydrogen-bond donors (Lipinski definition) is 1. The Morgan fingerprint density at radius 2 is 2.29 bits per heavy atom. The van der Waals surface area contributed by atoms with Gasteiger partial charge in [0.25, 0.3) is 0 Å². The Morgan fingerprint density at radius 3 is 2.88 bits per heavy atom. The Labute approximate surface area is 111 Å². The Morgan fingerprint density at radius 1 is 1.53 bits per heavy atom. The summed E-state index contributed by atoms with van der Waals surface area (Å²) in [6.07, 6.45) is 2.69. The van der Waals surface area contributed by atoms with Crippen molar-refractivity contribution < 1.29 is 0 Å². The zero-order chi connectivity index (χ0) is 12.3. The van der Waals surface area contributed by atoms with Gasteiger partial charge in [-0.1, -0.05) is 0 Å². The molecule has 1 aromatic rings. The monoisotopic (exact) mass is 293 g/mol. The van der Waals surface area contributed by atoms with Crippen LogP contribution in [0.25, 0.3) is 0 Å². The van der Waals surface area contributed by atoms with Crippen molar-refractivity contribution in [1.82, 2.24) is 4.90 Å². The third-order valence-electron chi connectivity index (χ3n) is 3.05. The van der Waals surface area contributed by atoms with Gasteiger partial charge >= 0.3 is 0 Å². The maximum atomic E-state index is 8.77. The van der Waals surface area contributed by atoms with Crippen molar-refractivity contribution in [3.8, 4) is 6.07 Å². The average Bonchev–Trinajstić information content (AvgIpc) is 3.15. The summed E-state index contributed by atoms with van der Waals surface area (Å²) in [6.45, 7) is 1.98. The molecule has 17 heavy (non-hydrogen) atoms. The molecule has 0 heterocycles. The Hall–Kier alpha value is -1.05. The van der Waals surface area contributed by atoms with Gasteiger partial charge in [0.05, 0.1) is 11.6 Å². The second-order valence-corrected chi connectivity index (χ2v) is 5.30. The summed E-state index contributed by atoms with van der Waals surface area (Å²) in [5, 5.41) is 12.2. The van der Waals surface area contributed by atoms with E-state index in [0.29, 0.717) is 5.56 Å². The van der Waals surface area contributed by atoms with Crippen LogP contribution in [0, 0.1) is 11.3 Å².